The van der Waals surface area contributed by atoms with Gasteiger partial charge in [0.25, 0.3) is 0 Å². The molecule has 0 bridgehead atoms. The average molecular weight is 423 g/mol. The highest BCUT2D eigenvalue weighted by Crippen LogP contribution is 2.20. The van der Waals surface area contributed by atoms with Crippen molar-refractivity contribution in [1.82, 2.24) is 14.8 Å². The normalized spacial score (nSPS) is 18.3. The lowest BCUT2D eigenvalue weighted by atomic mass is 9.95. The standard InChI is InChI=1S/C18H23BrN4O3/c19-14-3-4-15(20-12-14)21-18(26)13-5-9-23(10-6-13)17(25)7-11-22-8-1-2-16(22)24/h3-4,12-13H,1-2,5-11H2,(H,20,21,26). The fourth-order valence-corrected chi connectivity index (χ4v) is 3.63. The van der Waals surface area contributed by atoms with Gasteiger partial charge in [-0.15, -0.1) is 0 Å². The number of hydrogen-bond donors (Lipinski definition) is 1. The monoisotopic (exact) mass is 422 g/mol. The van der Waals surface area contributed by atoms with Crippen molar-refractivity contribution in [2.75, 3.05) is 31.5 Å². The first-order valence-corrected chi connectivity index (χ1v) is 9.80. The van der Waals surface area contributed by atoms with Gasteiger partial charge in [0.15, 0.2) is 0 Å². The molecule has 1 aromatic heterocycles. The third kappa shape index (κ3) is 4.81. The number of amides is 3. The molecule has 140 valence electrons. The quantitative estimate of drug-likeness (QED) is 0.786. The minimum absolute atomic E-state index is 0.0467. The molecule has 0 aromatic carbocycles. The molecule has 1 N–H and O–H groups in total. The molecular formula is C18H23BrN4O3. The van der Waals surface area contributed by atoms with Crippen molar-refractivity contribution in [3.05, 3.63) is 22.8 Å². The van der Waals surface area contributed by atoms with Crippen LogP contribution < -0.4 is 5.32 Å². The number of halogens is 1. The molecule has 1 aromatic rings. The van der Waals surface area contributed by atoms with Crippen LogP contribution in [0.5, 0.6) is 0 Å². The van der Waals surface area contributed by atoms with Crippen molar-refractivity contribution in [3.8, 4) is 0 Å². The fraction of sp³-hybridized carbons (Fsp3) is 0.556. The first-order chi connectivity index (χ1) is 12.5. The second-order valence-corrected chi connectivity index (χ2v) is 7.66. The number of carbonyl (C=O) groups excluding carboxylic acids is 3. The van der Waals surface area contributed by atoms with E-state index in [9.17, 15) is 14.4 Å². The summed E-state index contributed by atoms with van der Waals surface area (Å²) >= 11 is 3.31. The van der Waals surface area contributed by atoms with E-state index in [1.807, 2.05) is 11.0 Å². The van der Waals surface area contributed by atoms with E-state index in [2.05, 4.69) is 26.2 Å². The van der Waals surface area contributed by atoms with Crippen LogP contribution in [0.15, 0.2) is 22.8 Å². The highest BCUT2D eigenvalue weighted by atomic mass is 79.9. The number of piperidine rings is 1. The Morgan fingerprint density at radius 1 is 1.23 bits per heavy atom. The van der Waals surface area contributed by atoms with E-state index < -0.39 is 0 Å². The van der Waals surface area contributed by atoms with E-state index in [1.165, 1.54) is 0 Å². The molecule has 2 aliphatic rings. The van der Waals surface area contributed by atoms with Gasteiger partial charge >= 0.3 is 0 Å². The third-order valence-corrected chi connectivity index (χ3v) is 5.43. The number of pyridine rings is 1. The Morgan fingerprint density at radius 2 is 2.00 bits per heavy atom. The van der Waals surface area contributed by atoms with Gasteiger partial charge < -0.3 is 15.1 Å². The van der Waals surface area contributed by atoms with E-state index in [0.717, 1.165) is 17.4 Å². The van der Waals surface area contributed by atoms with Gasteiger partial charge in [0.05, 0.1) is 0 Å². The van der Waals surface area contributed by atoms with E-state index >= 15 is 0 Å². The van der Waals surface area contributed by atoms with Crippen molar-refractivity contribution in [2.24, 2.45) is 5.92 Å². The Labute approximate surface area is 161 Å². The second-order valence-electron chi connectivity index (χ2n) is 6.74. The highest BCUT2D eigenvalue weighted by Gasteiger charge is 2.28. The molecule has 0 unspecified atom stereocenters. The molecule has 2 aliphatic heterocycles. The molecule has 0 radical (unpaired) electrons. The van der Waals surface area contributed by atoms with Crippen LogP contribution in [0.3, 0.4) is 0 Å². The maximum absolute atomic E-state index is 12.4. The minimum Gasteiger partial charge on any atom is -0.343 e. The summed E-state index contributed by atoms with van der Waals surface area (Å²) in [6, 6.07) is 3.58. The maximum atomic E-state index is 12.4. The predicted molar refractivity (Wildman–Crippen MR) is 100 cm³/mol. The van der Waals surface area contributed by atoms with Crippen molar-refractivity contribution >= 4 is 39.5 Å². The van der Waals surface area contributed by atoms with E-state index in [0.29, 0.717) is 51.1 Å². The molecule has 0 saturated carbocycles. The summed E-state index contributed by atoms with van der Waals surface area (Å²) in [5, 5.41) is 2.83. The van der Waals surface area contributed by atoms with Gasteiger partial charge in [-0.05, 0) is 47.3 Å². The molecular weight excluding hydrogens is 400 g/mol. The molecule has 0 spiro atoms. The van der Waals surface area contributed by atoms with Crippen LogP contribution in [0, 0.1) is 5.92 Å². The van der Waals surface area contributed by atoms with Crippen LogP contribution in [0.25, 0.3) is 0 Å². The van der Waals surface area contributed by atoms with Gasteiger partial charge in [-0.3, -0.25) is 14.4 Å². The third-order valence-electron chi connectivity index (χ3n) is 4.96. The van der Waals surface area contributed by atoms with Gasteiger partial charge in [0, 0.05) is 55.6 Å². The summed E-state index contributed by atoms with van der Waals surface area (Å²) in [5.74, 6) is 0.596. The first-order valence-electron chi connectivity index (χ1n) is 9.01. The second kappa shape index (κ2) is 8.62. The molecule has 2 fully saturated rings. The molecule has 0 aliphatic carbocycles. The van der Waals surface area contributed by atoms with Gasteiger partial charge in [0.1, 0.15) is 5.82 Å². The molecule has 3 heterocycles. The Kier molecular flexibility index (Phi) is 6.24. The number of aromatic nitrogens is 1. The summed E-state index contributed by atoms with van der Waals surface area (Å²) < 4.78 is 0.859. The summed E-state index contributed by atoms with van der Waals surface area (Å²) in [7, 11) is 0. The van der Waals surface area contributed by atoms with Crippen LogP contribution in [-0.4, -0.2) is 58.7 Å². The van der Waals surface area contributed by atoms with Crippen LogP contribution in [0.1, 0.15) is 32.1 Å². The van der Waals surface area contributed by atoms with Crippen molar-refractivity contribution in [2.45, 2.75) is 32.1 Å². The predicted octanol–water partition coefficient (Wildman–Crippen LogP) is 2.03. The van der Waals surface area contributed by atoms with Crippen molar-refractivity contribution in [3.63, 3.8) is 0 Å². The van der Waals surface area contributed by atoms with Crippen molar-refractivity contribution in [1.29, 1.82) is 0 Å². The van der Waals surface area contributed by atoms with Crippen molar-refractivity contribution < 1.29 is 14.4 Å². The van der Waals surface area contributed by atoms with Gasteiger partial charge in [-0.1, -0.05) is 0 Å². The smallest absolute Gasteiger partial charge is 0.228 e. The topological polar surface area (TPSA) is 82.6 Å². The number of carbonyl (C=O) groups is 3. The SMILES string of the molecule is O=C(Nc1ccc(Br)cn1)C1CCN(C(=O)CCN2CCCC2=O)CC1. The molecule has 0 atom stereocenters. The fourth-order valence-electron chi connectivity index (χ4n) is 3.40. The summed E-state index contributed by atoms with van der Waals surface area (Å²) in [6.45, 7) is 2.43. The molecule has 26 heavy (non-hydrogen) atoms. The molecule has 3 amide bonds. The highest BCUT2D eigenvalue weighted by molar-refractivity contribution is 9.10. The number of hydrogen-bond acceptors (Lipinski definition) is 4. The Bertz CT molecular complexity index is 672. The lowest BCUT2D eigenvalue weighted by Crippen LogP contribution is -2.42. The molecule has 7 nitrogen and oxygen atoms in total. The Balaban J connectivity index is 1.41. The van der Waals surface area contributed by atoms with E-state index in [-0.39, 0.29) is 23.6 Å². The zero-order valence-corrected chi connectivity index (χ0v) is 16.2. The number of anilines is 1. The number of nitrogens with zero attached hydrogens (tertiary/aromatic N) is 3. The van der Waals surface area contributed by atoms with Crippen LogP contribution in [-0.2, 0) is 14.4 Å². The molecule has 2 saturated heterocycles. The molecule has 8 heteroatoms. The Hall–Kier alpha value is -1.96. The van der Waals surface area contributed by atoms with Crippen LogP contribution in [0.4, 0.5) is 5.82 Å². The van der Waals surface area contributed by atoms with E-state index in [1.54, 1.807) is 17.2 Å². The minimum atomic E-state index is -0.107. The Morgan fingerprint density at radius 3 is 2.62 bits per heavy atom. The zero-order chi connectivity index (χ0) is 18.5. The maximum Gasteiger partial charge on any atom is 0.228 e. The lowest BCUT2D eigenvalue weighted by Gasteiger charge is -2.31. The average Bonchev–Trinajstić information content (AvgIpc) is 3.06. The van der Waals surface area contributed by atoms with Gasteiger partial charge in [-0.2, -0.15) is 0 Å². The number of rotatable bonds is 5. The largest absolute Gasteiger partial charge is 0.343 e. The van der Waals surface area contributed by atoms with Crippen LogP contribution >= 0.6 is 15.9 Å². The zero-order valence-electron chi connectivity index (χ0n) is 14.6. The summed E-state index contributed by atoms with van der Waals surface area (Å²) in [4.78, 5) is 44.0. The molecule has 3 rings (SSSR count). The summed E-state index contributed by atoms with van der Waals surface area (Å²) in [6.07, 6.45) is 4.80. The van der Waals surface area contributed by atoms with Gasteiger partial charge in [-0.25, -0.2) is 4.98 Å². The van der Waals surface area contributed by atoms with Crippen LogP contribution in [0.2, 0.25) is 0 Å². The summed E-state index contributed by atoms with van der Waals surface area (Å²) in [5.41, 5.74) is 0. The number of likely N-dealkylation sites (tertiary alicyclic amines) is 2. The first kappa shape index (κ1) is 18.8. The van der Waals surface area contributed by atoms with E-state index in [4.69, 9.17) is 0 Å². The number of nitrogens with one attached hydrogen (secondary N) is 1. The van der Waals surface area contributed by atoms with Gasteiger partial charge in [0.2, 0.25) is 17.7 Å². The lowest BCUT2D eigenvalue weighted by molar-refractivity contribution is -0.135.